The largest absolute Gasteiger partial charge is 0.381 e. The SMILES string of the molecule is CC(C)COCCCOCCC(=O)NC1CCC(C(=O)C(C)C)CC1.[HH]. The van der Waals surface area contributed by atoms with Crippen LogP contribution in [0.4, 0.5) is 0 Å². The normalized spacial score (nSPS) is 20.9. The fourth-order valence-electron chi connectivity index (χ4n) is 3.14. The first-order valence-corrected chi connectivity index (χ1v) is 9.88. The molecule has 0 radical (unpaired) electrons. The Labute approximate surface area is 154 Å². The summed E-state index contributed by atoms with van der Waals surface area (Å²) in [6.07, 6.45) is 4.87. The molecule has 1 N–H and O–H groups in total. The quantitative estimate of drug-likeness (QED) is 0.542. The molecule has 1 rings (SSSR count). The second-order valence-corrected chi connectivity index (χ2v) is 7.86. The molecule has 5 heteroatoms. The van der Waals surface area contributed by atoms with Crippen LogP contribution in [0, 0.1) is 17.8 Å². The van der Waals surface area contributed by atoms with Crippen LogP contribution in [0.2, 0.25) is 0 Å². The minimum Gasteiger partial charge on any atom is -0.381 e. The first-order chi connectivity index (χ1) is 11.9. The number of ketones is 1. The number of carbonyl (C=O) groups excluding carboxylic acids is 2. The molecule has 1 amide bonds. The van der Waals surface area contributed by atoms with Crippen LogP contribution < -0.4 is 5.32 Å². The Morgan fingerprint density at radius 3 is 2.24 bits per heavy atom. The molecular formula is C20H39NO4. The van der Waals surface area contributed by atoms with Gasteiger partial charge in [0.1, 0.15) is 5.78 Å². The van der Waals surface area contributed by atoms with E-state index in [1.807, 2.05) is 13.8 Å². The molecule has 0 unspecified atom stereocenters. The van der Waals surface area contributed by atoms with Crippen LogP contribution in [-0.4, -0.2) is 44.2 Å². The van der Waals surface area contributed by atoms with Crippen LogP contribution in [0.5, 0.6) is 0 Å². The second-order valence-electron chi connectivity index (χ2n) is 7.86. The summed E-state index contributed by atoms with van der Waals surface area (Å²) in [6, 6.07) is 0.216. The molecule has 1 fully saturated rings. The van der Waals surface area contributed by atoms with Crippen molar-refractivity contribution >= 4 is 11.7 Å². The van der Waals surface area contributed by atoms with E-state index in [1.54, 1.807) is 0 Å². The smallest absolute Gasteiger partial charge is 0.222 e. The van der Waals surface area contributed by atoms with Gasteiger partial charge in [0.15, 0.2) is 0 Å². The van der Waals surface area contributed by atoms with Crippen LogP contribution in [0.1, 0.15) is 67.6 Å². The third-order valence-electron chi connectivity index (χ3n) is 4.57. The van der Waals surface area contributed by atoms with Gasteiger partial charge < -0.3 is 14.8 Å². The molecule has 0 heterocycles. The van der Waals surface area contributed by atoms with E-state index >= 15 is 0 Å². The Morgan fingerprint density at radius 2 is 1.64 bits per heavy atom. The Hall–Kier alpha value is -0.940. The zero-order valence-corrected chi connectivity index (χ0v) is 16.5. The lowest BCUT2D eigenvalue weighted by Crippen LogP contribution is -2.39. The van der Waals surface area contributed by atoms with Crippen LogP contribution in [-0.2, 0) is 19.1 Å². The zero-order chi connectivity index (χ0) is 18.7. The molecule has 5 nitrogen and oxygen atoms in total. The highest BCUT2D eigenvalue weighted by Gasteiger charge is 2.28. The van der Waals surface area contributed by atoms with E-state index in [4.69, 9.17) is 9.47 Å². The van der Waals surface area contributed by atoms with Crippen LogP contribution in [0.3, 0.4) is 0 Å². The van der Waals surface area contributed by atoms with Gasteiger partial charge in [-0.05, 0) is 38.0 Å². The van der Waals surface area contributed by atoms with Gasteiger partial charge in [-0.2, -0.15) is 0 Å². The summed E-state index contributed by atoms with van der Waals surface area (Å²) in [5.74, 6) is 1.28. The van der Waals surface area contributed by atoms with Gasteiger partial charge in [0.2, 0.25) is 5.91 Å². The van der Waals surface area contributed by atoms with Gasteiger partial charge in [0.05, 0.1) is 6.61 Å². The number of Topliss-reactive ketones (excluding diaryl/α,β-unsaturated/α-hetero) is 1. The number of amides is 1. The highest BCUT2D eigenvalue weighted by molar-refractivity contribution is 5.83. The van der Waals surface area contributed by atoms with Crippen LogP contribution in [0.25, 0.3) is 0 Å². The highest BCUT2D eigenvalue weighted by atomic mass is 16.5. The number of carbonyl (C=O) groups is 2. The minimum atomic E-state index is 0. The maximum absolute atomic E-state index is 12.0. The first-order valence-electron chi connectivity index (χ1n) is 9.88. The van der Waals surface area contributed by atoms with E-state index in [0.29, 0.717) is 37.9 Å². The molecule has 148 valence electrons. The molecule has 0 saturated heterocycles. The minimum absolute atomic E-state index is 0. The van der Waals surface area contributed by atoms with E-state index < -0.39 is 0 Å². The number of hydrogen-bond donors (Lipinski definition) is 1. The molecule has 1 aliphatic carbocycles. The van der Waals surface area contributed by atoms with Crippen molar-refractivity contribution in [1.82, 2.24) is 5.32 Å². The average Bonchev–Trinajstić information content (AvgIpc) is 2.57. The Balaban J connectivity index is 0.00000625. The van der Waals surface area contributed by atoms with Crippen molar-refractivity contribution in [2.45, 2.75) is 72.3 Å². The summed E-state index contributed by atoms with van der Waals surface area (Å²) in [5, 5.41) is 3.08. The van der Waals surface area contributed by atoms with Crippen LogP contribution in [0.15, 0.2) is 0 Å². The predicted molar refractivity (Wildman–Crippen MR) is 102 cm³/mol. The van der Waals surface area contributed by atoms with E-state index in [-0.39, 0.29) is 25.2 Å². The molecule has 0 spiro atoms. The predicted octanol–water partition coefficient (Wildman–Crippen LogP) is 3.60. The summed E-state index contributed by atoms with van der Waals surface area (Å²) < 4.78 is 11.0. The topological polar surface area (TPSA) is 64.6 Å². The molecule has 1 aliphatic rings. The van der Waals surface area contributed by atoms with Gasteiger partial charge >= 0.3 is 0 Å². The van der Waals surface area contributed by atoms with Gasteiger partial charge in [-0.15, -0.1) is 0 Å². The fraction of sp³-hybridized carbons (Fsp3) is 0.900. The van der Waals surface area contributed by atoms with E-state index in [0.717, 1.165) is 38.7 Å². The number of ether oxygens (including phenoxy) is 2. The molecule has 0 aromatic rings. The first kappa shape index (κ1) is 22.1. The Kier molecular flexibility index (Phi) is 11.0. The molecule has 25 heavy (non-hydrogen) atoms. The van der Waals surface area contributed by atoms with Gasteiger partial charge in [0, 0.05) is 45.5 Å². The zero-order valence-electron chi connectivity index (χ0n) is 16.5. The lowest BCUT2D eigenvalue weighted by molar-refractivity contribution is -0.127. The standard InChI is InChI=1S/C20H37NO4.H2/c1-15(2)14-25-12-5-11-24-13-10-19(22)21-18-8-6-17(7-9-18)20(23)16(3)4;/h15-18H,5-14H2,1-4H3,(H,21,22);1H. The highest BCUT2D eigenvalue weighted by Crippen LogP contribution is 2.27. The summed E-state index contributed by atoms with van der Waals surface area (Å²) in [6.45, 7) is 10.8. The third-order valence-corrected chi connectivity index (χ3v) is 4.57. The molecule has 0 atom stereocenters. The molecule has 0 aromatic heterocycles. The molecule has 0 bridgehead atoms. The molecule has 0 aliphatic heterocycles. The van der Waals surface area contributed by atoms with Crippen LogP contribution >= 0.6 is 0 Å². The maximum atomic E-state index is 12.0. The van der Waals surface area contributed by atoms with Crippen molar-refractivity contribution in [2.24, 2.45) is 17.8 Å². The average molecular weight is 358 g/mol. The summed E-state index contributed by atoms with van der Waals surface area (Å²) in [7, 11) is 0. The third kappa shape index (κ3) is 9.95. The van der Waals surface area contributed by atoms with Crippen molar-refractivity contribution in [2.75, 3.05) is 26.4 Å². The van der Waals surface area contributed by atoms with E-state index in [2.05, 4.69) is 19.2 Å². The van der Waals surface area contributed by atoms with Crippen molar-refractivity contribution in [1.29, 1.82) is 0 Å². The van der Waals surface area contributed by atoms with Crippen molar-refractivity contribution in [3.63, 3.8) is 0 Å². The maximum Gasteiger partial charge on any atom is 0.222 e. The summed E-state index contributed by atoms with van der Waals surface area (Å²) in [4.78, 5) is 24.0. The summed E-state index contributed by atoms with van der Waals surface area (Å²) >= 11 is 0. The van der Waals surface area contributed by atoms with Gasteiger partial charge in [-0.3, -0.25) is 9.59 Å². The van der Waals surface area contributed by atoms with E-state index in [1.165, 1.54) is 0 Å². The lowest BCUT2D eigenvalue weighted by atomic mass is 9.80. The van der Waals surface area contributed by atoms with Gasteiger partial charge in [-0.1, -0.05) is 27.7 Å². The Bertz CT molecular complexity index is 393. The second kappa shape index (κ2) is 12.4. The molecule has 1 saturated carbocycles. The Morgan fingerprint density at radius 1 is 1.00 bits per heavy atom. The fourth-order valence-corrected chi connectivity index (χ4v) is 3.14. The lowest BCUT2D eigenvalue weighted by Gasteiger charge is -2.29. The van der Waals surface area contributed by atoms with Gasteiger partial charge in [0.25, 0.3) is 0 Å². The molecule has 0 aromatic carbocycles. The monoisotopic (exact) mass is 357 g/mol. The van der Waals surface area contributed by atoms with Gasteiger partial charge in [-0.25, -0.2) is 0 Å². The van der Waals surface area contributed by atoms with Crippen molar-refractivity contribution < 1.29 is 20.5 Å². The molecular weight excluding hydrogens is 318 g/mol. The van der Waals surface area contributed by atoms with Crippen molar-refractivity contribution in [3.8, 4) is 0 Å². The number of rotatable bonds is 12. The number of nitrogens with one attached hydrogen (secondary N) is 1. The van der Waals surface area contributed by atoms with Crippen molar-refractivity contribution in [3.05, 3.63) is 0 Å². The number of hydrogen-bond acceptors (Lipinski definition) is 4. The van der Waals surface area contributed by atoms with E-state index in [9.17, 15) is 9.59 Å². The summed E-state index contributed by atoms with van der Waals surface area (Å²) in [5.41, 5.74) is 0.